The summed E-state index contributed by atoms with van der Waals surface area (Å²) in [6.45, 7) is 2.73. The second kappa shape index (κ2) is 7.35. The number of aliphatic hydroxyl groups is 1. The van der Waals surface area contributed by atoms with Gasteiger partial charge >= 0.3 is 0 Å². The van der Waals surface area contributed by atoms with Crippen LogP contribution in [0, 0.1) is 17.6 Å². The SMILES string of the molecule is CC(O)N1N=C(c2cc(F)ccc2F)S[C@@]12c1ccccc1NC[C@H]2CCN. The molecule has 2 aliphatic rings. The molecule has 4 rings (SSSR count). The molecule has 5 nitrogen and oxygen atoms in total. The fraction of sp³-hybridized carbons (Fsp3) is 0.350. The number of hydrogen-bond acceptors (Lipinski definition) is 6. The van der Waals surface area contributed by atoms with Crippen LogP contribution in [0.25, 0.3) is 0 Å². The normalized spacial score (nSPS) is 24.7. The Labute approximate surface area is 166 Å². The second-order valence-electron chi connectivity index (χ2n) is 7.01. The average molecular weight is 404 g/mol. The third kappa shape index (κ3) is 2.96. The van der Waals surface area contributed by atoms with Crippen molar-refractivity contribution in [2.45, 2.75) is 24.4 Å². The molecule has 2 aliphatic heterocycles. The van der Waals surface area contributed by atoms with E-state index in [0.717, 1.165) is 29.4 Å². The number of nitrogens with zero attached hydrogens (tertiary/aromatic N) is 2. The van der Waals surface area contributed by atoms with E-state index >= 15 is 0 Å². The van der Waals surface area contributed by atoms with E-state index in [1.165, 1.54) is 11.8 Å². The third-order valence-electron chi connectivity index (χ3n) is 5.22. The average Bonchev–Trinajstić information content (AvgIpc) is 3.08. The van der Waals surface area contributed by atoms with Gasteiger partial charge < -0.3 is 16.2 Å². The molecule has 2 heterocycles. The molecule has 0 aromatic heterocycles. The lowest BCUT2D eigenvalue weighted by Gasteiger charge is -2.48. The topological polar surface area (TPSA) is 73.9 Å². The zero-order chi connectivity index (χ0) is 19.9. The zero-order valence-corrected chi connectivity index (χ0v) is 16.2. The summed E-state index contributed by atoms with van der Waals surface area (Å²) in [5.74, 6) is -1.08. The van der Waals surface area contributed by atoms with Crippen LogP contribution in [0.2, 0.25) is 0 Å². The van der Waals surface area contributed by atoms with Crippen molar-refractivity contribution in [3.05, 3.63) is 65.2 Å². The van der Waals surface area contributed by atoms with Crippen molar-refractivity contribution < 1.29 is 13.9 Å². The van der Waals surface area contributed by atoms with E-state index in [1.54, 1.807) is 11.9 Å². The van der Waals surface area contributed by atoms with Crippen molar-refractivity contribution in [1.82, 2.24) is 5.01 Å². The van der Waals surface area contributed by atoms with E-state index in [0.29, 0.717) is 24.6 Å². The summed E-state index contributed by atoms with van der Waals surface area (Å²) in [6, 6.07) is 11.1. The summed E-state index contributed by atoms with van der Waals surface area (Å²) in [7, 11) is 0. The lowest BCUT2D eigenvalue weighted by molar-refractivity contribution is -0.0417. The molecule has 2 aromatic carbocycles. The molecule has 1 spiro atoms. The molecule has 0 saturated carbocycles. The molecule has 0 bridgehead atoms. The number of benzene rings is 2. The fourth-order valence-electron chi connectivity index (χ4n) is 4.01. The summed E-state index contributed by atoms with van der Waals surface area (Å²) in [4.78, 5) is -0.760. The van der Waals surface area contributed by atoms with Gasteiger partial charge in [0.05, 0.1) is 0 Å². The zero-order valence-electron chi connectivity index (χ0n) is 15.4. The Morgan fingerprint density at radius 3 is 2.89 bits per heavy atom. The van der Waals surface area contributed by atoms with Crippen LogP contribution in [0.4, 0.5) is 14.5 Å². The van der Waals surface area contributed by atoms with Crippen molar-refractivity contribution in [2.75, 3.05) is 18.4 Å². The van der Waals surface area contributed by atoms with Gasteiger partial charge in [-0.3, -0.25) is 0 Å². The monoisotopic (exact) mass is 404 g/mol. The minimum atomic E-state index is -0.923. The molecule has 8 heteroatoms. The van der Waals surface area contributed by atoms with Crippen LogP contribution < -0.4 is 11.1 Å². The first kappa shape index (κ1) is 19.2. The summed E-state index contributed by atoms with van der Waals surface area (Å²) < 4.78 is 28.3. The Morgan fingerprint density at radius 2 is 2.14 bits per heavy atom. The molecule has 3 atom stereocenters. The van der Waals surface area contributed by atoms with Crippen LogP contribution in [-0.4, -0.2) is 34.5 Å². The maximum Gasteiger partial charge on any atom is 0.143 e. The molecule has 0 amide bonds. The van der Waals surface area contributed by atoms with Gasteiger partial charge in [0.15, 0.2) is 0 Å². The predicted molar refractivity (Wildman–Crippen MR) is 108 cm³/mol. The van der Waals surface area contributed by atoms with Crippen molar-refractivity contribution >= 4 is 22.5 Å². The lowest BCUT2D eigenvalue weighted by atomic mass is 9.84. The standard InChI is InChI=1S/C20H22F2N4OS/c1-12(27)26-20(28-19(25-26)15-10-14(21)6-7-17(15)22)13(8-9-23)11-24-18-5-3-2-4-16(18)20/h2-7,10,12-13,24,27H,8-9,11,23H2,1H3/t12?,13-,20+/m1/s1. The van der Waals surface area contributed by atoms with Crippen molar-refractivity contribution in [3.8, 4) is 0 Å². The number of thioether (sulfide) groups is 1. The van der Waals surface area contributed by atoms with Gasteiger partial charge in [-0.2, -0.15) is 5.10 Å². The van der Waals surface area contributed by atoms with Crippen molar-refractivity contribution in [2.24, 2.45) is 16.8 Å². The Kier molecular flexibility index (Phi) is 5.03. The van der Waals surface area contributed by atoms with E-state index < -0.39 is 22.7 Å². The Balaban J connectivity index is 1.88. The molecule has 0 saturated heterocycles. The van der Waals surface area contributed by atoms with Gasteiger partial charge in [-0.25, -0.2) is 13.8 Å². The number of hydrogen-bond donors (Lipinski definition) is 3. The van der Waals surface area contributed by atoms with Gasteiger partial charge in [0, 0.05) is 29.3 Å². The van der Waals surface area contributed by atoms with Gasteiger partial charge in [-0.15, -0.1) is 0 Å². The summed E-state index contributed by atoms with van der Waals surface area (Å²) in [5.41, 5.74) is 7.85. The predicted octanol–water partition coefficient (Wildman–Crippen LogP) is 3.26. The number of aliphatic hydroxyl groups excluding tert-OH is 1. The number of anilines is 1. The highest BCUT2D eigenvalue weighted by molar-refractivity contribution is 8.15. The Bertz CT molecular complexity index is 923. The quantitative estimate of drug-likeness (QED) is 0.730. The molecular weight excluding hydrogens is 382 g/mol. The van der Waals surface area contributed by atoms with Crippen LogP contribution in [-0.2, 0) is 4.87 Å². The van der Waals surface area contributed by atoms with E-state index in [4.69, 9.17) is 5.73 Å². The molecule has 148 valence electrons. The summed E-state index contributed by atoms with van der Waals surface area (Å²) in [5, 5.41) is 20.5. The number of nitrogens with two attached hydrogens (primary N) is 1. The van der Waals surface area contributed by atoms with Gasteiger partial charge in [-0.05, 0) is 44.2 Å². The summed E-state index contributed by atoms with van der Waals surface area (Å²) >= 11 is 1.35. The molecule has 0 fully saturated rings. The smallest absolute Gasteiger partial charge is 0.143 e. The molecule has 1 unspecified atom stereocenters. The third-order valence-corrected chi connectivity index (χ3v) is 6.77. The van der Waals surface area contributed by atoms with Gasteiger partial charge in [0.25, 0.3) is 0 Å². The van der Waals surface area contributed by atoms with E-state index in [9.17, 15) is 13.9 Å². The second-order valence-corrected chi connectivity index (χ2v) is 8.22. The lowest BCUT2D eigenvalue weighted by Crippen LogP contribution is -2.52. The van der Waals surface area contributed by atoms with Crippen LogP contribution in [0.5, 0.6) is 0 Å². The number of rotatable bonds is 4. The molecule has 4 N–H and O–H groups in total. The number of para-hydroxylation sites is 1. The number of fused-ring (bicyclic) bond motifs is 2. The van der Waals surface area contributed by atoms with Crippen molar-refractivity contribution in [3.63, 3.8) is 0 Å². The van der Waals surface area contributed by atoms with Gasteiger partial charge in [0.2, 0.25) is 0 Å². The Morgan fingerprint density at radius 1 is 1.36 bits per heavy atom. The highest BCUT2D eigenvalue weighted by atomic mass is 32.2. The highest BCUT2D eigenvalue weighted by Gasteiger charge is 2.55. The van der Waals surface area contributed by atoms with Crippen LogP contribution >= 0.6 is 11.8 Å². The van der Waals surface area contributed by atoms with Gasteiger partial charge in [-0.1, -0.05) is 30.0 Å². The van der Waals surface area contributed by atoms with Crippen LogP contribution in [0.3, 0.4) is 0 Å². The maximum absolute atomic E-state index is 14.5. The minimum absolute atomic E-state index is 0.00451. The minimum Gasteiger partial charge on any atom is -0.384 e. The van der Waals surface area contributed by atoms with E-state index in [-0.39, 0.29) is 11.5 Å². The molecule has 0 aliphatic carbocycles. The Hall–Kier alpha value is -2.16. The van der Waals surface area contributed by atoms with Crippen LogP contribution in [0.1, 0.15) is 24.5 Å². The summed E-state index contributed by atoms with van der Waals surface area (Å²) in [6.07, 6.45) is -0.237. The number of nitrogens with one attached hydrogen (secondary N) is 1. The van der Waals surface area contributed by atoms with Gasteiger partial charge in [0.1, 0.15) is 27.8 Å². The van der Waals surface area contributed by atoms with E-state index in [1.807, 2.05) is 24.3 Å². The van der Waals surface area contributed by atoms with Crippen LogP contribution in [0.15, 0.2) is 47.6 Å². The maximum atomic E-state index is 14.5. The van der Waals surface area contributed by atoms with E-state index in [2.05, 4.69) is 10.4 Å². The molecule has 28 heavy (non-hydrogen) atoms. The first-order valence-corrected chi connectivity index (χ1v) is 10.0. The highest BCUT2D eigenvalue weighted by Crippen LogP contribution is 2.57. The molecule has 0 radical (unpaired) electrons. The largest absolute Gasteiger partial charge is 0.384 e. The number of halogens is 2. The molecular formula is C20H22F2N4OS. The fourth-order valence-corrected chi connectivity index (χ4v) is 5.64. The first-order chi connectivity index (χ1) is 13.5. The molecule has 2 aromatic rings. The first-order valence-electron chi connectivity index (χ1n) is 9.21. The van der Waals surface area contributed by atoms with Crippen molar-refractivity contribution in [1.29, 1.82) is 0 Å². The number of hydrazone groups is 1.